The normalized spacial score (nSPS) is 11.0. The molecule has 0 aliphatic carbocycles. The molecule has 2 aromatic carbocycles. The molecular weight excluding hydrogens is 321 g/mol. The molecule has 7 heteroatoms. The minimum absolute atomic E-state index is 0.0377. The van der Waals surface area contributed by atoms with Crippen LogP contribution in [0.5, 0.6) is 0 Å². The van der Waals surface area contributed by atoms with Crippen molar-refractivity contribution in [3.05, 3.63) is 59.7 Å². The van der Waals surface area contributed by atoms with Crippen LogP contribution in [0.4, 0.5) is 29.3 Å². The first-order valence-electron chi connectivity index (χ1n) is 7.08. The van der Waals surface area contributed by atoms with E-state index in [-0.39, 0.29) is 11.5 Å². The van der Waals surface area contributed by atoms with Crippen molar-refractivity contribution in [2.45, 2.75) is 19.5 Å². The van der Waals surface area contributed by atoms with E-state index in [1.165, 1.54) is 19.1 Å². The molecule has 0 saturated heterocycles. The highest BCUT2D eigenvalue weighted by atomic mass is 19.4. The Labute approximate surface area is 136 Å². The van der Waals surface area contributed by atoms with Crippen LogP contribution in [0, 0.1) is 0 Å². The summed E-state index contributed by atoms with van der Waals surface area (Å²) in [5.41, 5.74) is 0.797. The Morgan fingerprint density at radius 3 is 1.75 bits per heavy atom. The second-order valence-corrected chi connectivity index (χ2v) is 5.23. The van der Waals surface area contributed by atoms with Gasteiger partial charge in [-0.25, -0.2) is 4.79 Å². The fraction of sp³-hybridized carbons (Fsp3) is 0.176. The molecule has 2 rings (SSSR count). The maximum Gasteiger partial charge on any atom is 0.416 e. The van der Waals surface area contributed by atoms with Crippen molar-refractivity contribution in [2.75, 3.05) is 10.6 Å². The van der Waals surface area contributed by atoms with Gasteiger partial charge in [0.2, 0.25) is 0 Å². The van der Waals surface area contributed by atoms with E-state index in [4.69, 9.17) is 0 Å². The van der Waals surface area contributed by atoms with Crippen molar-refractivity contribution in [2.24, 2.45) is 0 Å². The van der Waals surface area contributed by atoms with Gasteiger partial charge in [-0.3, -0.25) is 4.79 Å². The second kappa shape index (κ2) is 7.16. The van der Waals surface area contributed by atoms with Crippen LogP contribution >= 0.6 is 0 Å². The van der Waals surface area contributed by atoms with Gasteiger partial charge in [-0.05, 0) is 48.9 Å². The number of ketones is 1. The number of hydrogen-bond acceptors (Lipinski definition) is 2. The molecule has 2 N–H and O–H groups in total. The number of alkyl halides is 3. The molecule has 0 bridgehead atoms. The van der Waals surface area contributed by atoms with Gasteiger partial charge in [-0.1, -0.05) is 12.1 Å². The molecule has 0 atom stereocenters. The highest BCUT2D eigenvalue weighted by molar-refractivity contribution is 5.99. The summed E-state index contributed by atoms with van der Waals surface area (Å²) in [4.78, 5) is 22.8. The predicted molar refractivity (Wildman–Crippen MR) is 84.9 cm³/mol. The lowest BCUT2D eigenvalue weighted by atomic mass is 10.1. The molecule has 0 radical (unpaired) electrons. The summed E-state index contributed by atoms with van der Waals surface area (Å²) in [5.74, 6) is 0.0377. The van der Waals surface area contributed by atoms with Gasteiger partial charge in [0.1, 0.15) is 5.78 Å². The molecule has 0 aliphatic heterocycles. The highest BCUT2D eigenvalue weighted by Gasteiger charge is 2.29. The summed E-state index contributed by atoms with van der Waals surface area (Å²) in [6.07, 6.45) is -4.10. The zero-order chi connectivity index (χ0) is 17.7. The number of carbonyl (C=O) groups excluding carboxylic acids is 2. The summed E-state index contributed by atoms with van der Waals surface area (Å²) < 4.78 is 37.4. The molecule has 0 fully saturated rings. The quantitative estimate of drug-likeness (QED) is 0.865. The molecule has 0 saturated carbocycles. The SMILES string of the molecule is CC(=O)Cc1ccc(NC(=O)Nc2ccc(C(F)(F)F)cc2)cc1. The number of hydrogen-bond donors (Lipinski definition) is 2. The molecule has 2 aromatic rings. The Kier molecular flexibility index (Phi) is 5.23. The van der Waals surface area contributed by atoms with Crippen molar-refractivity contribution in [1.29, 1.82) is 0 Å². The topological polar surface area (TPSA) is 58.2 Å². The van der Waals surface area contributed by atoms with E-state index in [9.17, 15) is 22.8 Å². The van der Waals surface area contributed by atoms with E-state index in [1.807, 2.05) is 0 Å². The van der Waals surface area contributed by atoms with Crippen LogP contribution in [0.2, 0.25) is 0 Å². The molecule has 126 valence electrons. The van der Waals surface area contributed by atoms with E-state index >= 15 is 0 Å². The lowest BCUT2D eigenvalue weighted by Crippen LogP contribution is -2.19. The molecule has 0 spiro atoms. The number of nitrogens with one attached hydrogen (secondary N) is 2. The Balaban J connectivity index is 1.94. The summed E-state index contributed by atoms with van der Waals surface area (Å²) >= 11 is 0. The summed E-state index contributed by atoms with van der Waals surface area (Å²) in [6, 6.07) is 10.3. The van der Waals surface area contributed by atoms with Crippen LogP contribution < -0.4 is 10.6 Å². The molecule has 0 aliphatic rings. The van der Waals surface area contributed by atoms with Crippen molar-refractivity contribution in [3.63, 3.8) is 0 Å². The maximum absolute atomic E-state index is 12.5. The zero-order valence-corrected chi connectivity index (χ0v) is 12.8. The Bertz CT molecular complexity index is 723. The number of rotatable bonds is 4. The third-order valence-electron chi connectivity index (χ3n) is 3.13. The highest BCUT2D eigenvalue weighted by Crippen LogP contribution is 2.29. The molecular formula is C17H15F3N2O2. The minimum Gasteiger partial charge on any atom is -0.308 e. The summed E-state index contributed by atoms with van der Waals surface area (Å²) in [6.45, 7) is 1.49. The van der Waals surface area contributed by atoms with Gasteiger partial charge in [0.05, 0.1) is 5.56 Å². The second-order valence-electron chi connectivity index (χ2n) is 5.23. The van der Waals surface area contributed by atoms with Crippen LogP contribution in [0.25, 0.3) is 0 Å². The van der Waals surface area contributed by atoms with Gasteiger partial charge < -0.3 is 10.6 Å². The average molecular weight is 336 g/mol. The number of amides is 2. The molecule has 0 unspecified atom stereocenters. The van der Waals surface area contributed by atoms with Crippen LogP contribution in [0.1, 0.15) is 18.1 Å². The first-order valence-corrected chi connectivity index (χ1v) is 7.08. The third kappa shape index (κ3) is 5.12. The predicted octanol–water partition coefficient (Wildman–Crippen LogP) is 4.48. The molecule has 24 heavy (non-hydrogen) atoms. The number of Topliss-reactive ketones (excluding diaryl/α,β-unsaturated/α-hetero) is 1. The van der Waals surface area contributed by atoms with Gasteiger partial charge in [-0.15, -0.1) is 0 Å². The summed E-state index contributed by atoms with van der Waals surface area (Å²) in [7, 11) is 0. The lowest BCUT2D eigenvalue weighted by Gasteiger charge is -2.10. The van der Waals surface area contributed by atoms with E-state index in [0.29, 0.717) is 12.1 Å². The van der Waals surface area contributed by atoms with Crippen molar-refractivity contribution in [3.8, 4) is 0 Å². The Morgan fingerprint density at radius 2 is 1.33 bits per heavy atom. The maximum atomic E-state index is 12.5. The molecule has 0 heterocycles. The number of benzene rings is 2. The first kappa shape index (κ1) is 17.5. The average Bonchev–Trinajstić information content (AvgIpc) is 2.48. The zero-order valence-electron chi connectivity index (χ0n) is 12.8. The van der Waals surface area contributed by atoms with Crippen LogP contribution in [-0.4, -0.2) is 11.8 Å². The van der Waals surface area contributed by atoms with Gasteiger partial charge in [-0.2, -0.15) is 13.2 Å². The molecule has 2 amide bonds. The van der Waals surface area contributed by atoms with Crippen LogP contribution in [0.15, 0.2) is 48.5 Å². The summed E-state index contributed by atoms with van der Waals surface area (Å²) in [5, 5.41) is 5.00. The standard InChI is InChI=1S/C17H15F3N2O2/c1-11(23)10-12-2-6-14(7-3-12)21-16(24)22-15-8-4-13(5-9-15)17(18,19)20/h2-9H,10H2,1H3,(H2,21,22,24). The van der Waals surface area contributed by atoms with E-state index in [1.54, 1.807) is 24.3 Å². The van der Waals surface area contributed by atoms with Crippen molar-refractivity contribution < 1.29 is 22.8 Å². The van der Waals surface area contributed by atoms with Gasteiger partial charge in [0.15, 0.2) is 0 Å². The first-order chi connectivity index (χ1) is 11.2. The number of halogens is 3. The van der Waals surface area contributed by atoms with E-state index < -0.39 is 17.8 Å². The third-order valence-corrected chi connectivity index (χ3v) is 3.13. The largest absolute Gasteiger partial charge is 0.416 e. The van der Waals surface area contributed by atoms with Crippen molar-refractivity contribution >= 4 is 23.2 Å². The van der Waals surface area contributed by atoms with Crippen molar-refractivity contribution in [1.82, 2.24) is 0 Å². The molecule has 0 aromatic heterocycles. The lowest BCUT2D eigenvalue weighted by molar-refractivity contribution is -0.137. The minimum atomic E-state index is -4.41. The number of urea groups is 1. The van der Waals surface area contributed by atoms with E-state index in [2.05, 4.69) is 10.6 Å². The van der Waals surface area contributed by atoms with Crippen LogP contribution in [-0.2, 0) is 17.4 Å². The fourth-order valence-corrected chi connectivity index (χ4v) is 2.03. The van der Waals surface area contributed by atoms with Crippen LogP contribution in [0.3, 0.4) is 0 Å². The Morgan fingerprint density at radius 1 is 0.875 bits per heavy atom. The van der Waals surface area contributed by atoms with Gasteiger partial charge in [0.25, 0.3) is 0 Å². The van der Waals surface area contributed by atoms with Gasteiger partial charge in [0, 0.05) is 17.8 Å². The number of carbonyl (C=O) groups is 2. The smallest absolute Gasteiger partial charge is 0.308 e. The number of anilines is 2. The van der Waals surface area contributed by atoms with Gasteiger partial charge >= 0.3 is 12.2 Å². The van der Waals surface area contributed by atoms with E-state index in [0.717, 1.165) is 17.7 Å². The Hall–Kier alpha value is -2.83. The monoisotopic (exact) mass is 336 g/mol. The fourth-order valence-electron chi connectivity index (χ4n) is 2.03. The molecule has 4 nitrogen and oxygen atoms in total.